The van der Waals surface area contributed by atoms with Crippen LogP contribution >= 0.6 is 11.6 Å². The molecule has 0 bridgehead atoms. The standard InChI is InChI=1S/C20H19ClN4O/c1-3-14-8-10-15(11-9-14)24-19-12-18(22-13(2)23-19)20(26)25-17-7-5-4-6-16(17)21/h4-12H,3H2,1-2H3,(H,25,26)(H,22,23,24). The molecule has 0 aliphatic carbocycles. The van der Waals surface area contributed by atoms with Crippen molar-refractivity contribution in [1.82, 2.24) is 9.97 Å². The molecular weight excluding hydrogens is 348 g/mol. The van der Waals surface area contributed by atoms with Crippen molar-refractivity contribution in [3.05, 3.63) is 76.7 Å². The number of hydrogen-bond acceptors (Lipinski definition) is 4. The summed E-state index contributed by atoms with van der Waals surface area (Å²) in [4.78, 5) is 21.1. The molecule has 0 aliphatic rings. The minimum Gasteiger partial charge on any atom is -0.340 e. The number of rotatable bonds is 5. The molecule has 0 unspecified atom stereocenters. The van der Waals surface area contributed by atoms with Gasteiger partial charge in [-0.05, 0) is 43.2 Å². The maximum atomic E-state index is 12.5. The lowest BCUT2D eigenvalue weighted by atomic mass is 10.1. The van der Waals surface area contributed by atoms with E-state index in [-0.39, 0.29) is 11.6 Å². The number of aromatic nitrogens is 2. The fourth-order valence-corrected chi connectivity index (χ4v) is 2.65. The van der Waals surface area contributed by atoms with Gasteiger partial charge in [-0.2, -0.15) is 0 Å². The molecule has 2 N–H and O–H groups in total. The molecule has 3 rings (SSSR count). The summed E-state index contributed by atoms with van der Waals surface area (Å²) in [5.74, 6) is 0.725. The Hall–Kier alpha value is -2.92. The van der Waals surface area contributed by atoms with Crippen molar-refractivity contribution < 1.29 is 4.79 Å². The zero-order chi connectivity index (χ0) is 18.5. The minimum atomic E-state index is -0.340. The maximum absolute atomic E-state index is 12.5. The van der Waals surface area contributed by atoms with E-state index in [1.165, 1.54) is 5.56 Å². The van der Waals surface area contributed by atoms with E-state index in [1.807, 2.05) is 12.1 Å². The Kier molecular flexibility index (Phi) is 5.49. The number of aryl methyl sites for hydroxylation is 2. The van der Waals surface area contributed by atoms with Crippen LogP contribution in [0.15, 0.2) is 54.6 Å². The Morgan fingerprint density at radius 2 is 1.81 bits per heavy atom. The summed E-state index contributed by atoms with van der Waals surface area (Å²) in [7, 11) is 0. The van der Waals surface area contributed by atoms with Crippen molar-refractivity contribution in [3.8, 4) is 0 Å². The van der Waals surface area contributed by atoms with Crippen LogP contribution in [0.3, 0.4) is 0 Å². The highest BCUT2D eigenvalue weighted by Crippen LogP contribution is 2.22. The summed E-state index contributed by atoms with van der Waals surface area (Å²) in [5, 5.41) is 6.45. The lowest BCUT2D eigenvalue weighted by molar-refractivity contribution is 0.102. The quantitative estimate of drug-likeness (QED) is 0.667. The molecule has 2 aromatic carbocycles. The smallest absolute Gasteiger partial charge is 0.274 e. The van der Waals surface area contributed by atoms with Gasteiger partial charge in [0.15, 0.2) is 0 Å². The van der Waals surface area contributed by atoms with Gasteiger partial charge in [0.2, 0.25) is 0 Å². The molecule has 0 saturated carbocycles. The molecule has 0 aliphatic heterocycles. The first kappa shape index (κ1) is 17.9. The zero-order valence-electron chi connectivity index (χ0n) is 14.6. The number of halogens is 1. The second-order valence-corrected chi connectivity index (χ2v) is 6.20. The van der Waals surface area contributed by atoms with Crippen molar-refractivity contribution in [3.63, 3.8) is 0 Å². The summed E-state index contributed by atoms with van der Waals surface area (Å²) in [6.45, 7) is 3.86. The van der Waals surface area contributed by atoms with E-state index in [2.05, 4.69) is 39.7 Å². The predicted molar refractivity (Wildman–Crippen MR) is 105 cm³/mol. The lowest BCUT2D eigenvalue weighted by Gasteiger charge is -2.10. The fraction of sp³-hybridized carbons (Fsp3) is 0.150. The molecule has 132 valence electrons. The van der Waals surface area contributed by atoms with Gasteiger partial charge in [0.1, 0.15) is 17.3 Å². The molecule has 0 spiro atoms. The SMILES string of the molecule is CCc1ccc(Nc2cc(C(=O)Nc3ccccc3Cl)nc(C)n2)cc1. The van der Waals surface area contributed by atoms with Crippen molar-refractivity contribution >= 4 is 34.7 Å². The zero-order valence-corrected chi connectivity index (χ0v) is 15.3. The van der Waals surface area contributed by atoms with Crippen LogP contribution < -0.4 is 10.6 Å². The molecule has 0 fully saturated rings. The summed E-state index contributed by atoms with van der Waals surface area (Å²) in [6.07, 6.45) is 0.985. The Bertz CT molecular complexity index is 925. The molecular formula is C20H19ClN4O. The number of nitrogens with one attached hydrogen (secondary N) is 2. The van der Waals surface area contributed by atoms with Gasteiger partial charge < -0.3 is 10.6 Å². The van der Waals surface area contributed by atoms with Gasteiger partial charge in [-0.15, -0.1) is 0 Å². The van der Waals surface area contributed by atoms with Crippen LogP contribution in [-0.4, -0.2) is 15.9 Å². The van der Waals surface area contributed by atoms with E-state index in [0.717, 1.165) is 12.1 Å². The number of anilines is 3. The van der Waals surface area contributed by atoms with Gasteiger partial charge in [-0.25, -0.2) is 9.97 Å². The van der Waals surface area contributed by atoms with E-state index in [1.54, 1.807) is 37.3 Å². The summed E-state index contributed by atoms with van der Waals surface area (Å²) in [5.41, 5.74) is 2.97. The Labute approximate surface area is 157 Å². The van der Waals surface area contributed by atoms with Crippen LogP contribution in [0.2, 0.25) is 5.02 Å². The highest BCUT2D eigenvalue weighted by atomic mass is 35.5. The third kappa shape index (κ3) is 4.37. The summed E-state index contributed by atoms with van der Waals surface area (Å²) < 4.78 is 0. The molecule has 0 radical (unpaired) electrons. The average molecular weight is 367 g/mol. The molecule has 1 amide bonds. The second kappa shape index (κ2) is 7.97. The molecule has 5 nitrogen and oxygen atoms in total. The van der Waals surface area contributed by atoms with E-state index in [0.29, 0.717) is 22.4 Å². The van der Waals surface area contributed by atoms with Crippen LogP contribution in [0.25, 0.3) is 0 Å². The minimum absolute atomic E-state index is 0.269. The fourth-order valence-electron chi connectivity index (χ4n) is 2.47. The maximum Gasteiger partial charge on any atom is 0.274 e. The number of hydrogen-bond donors (Lipinski definition) is 2. The van der Waals surface area contributed by atoms with E-state index in [9.17, 15) is 4.79 Å². The highest BCUT2D eigenvalue weighted by Gasteiger charge is 2.12. The number of carbonyl (C=O) groups is 1. The first-order valence-corrected chi connectivity index (χ1v) is 8.70. The van der Waals surface area contributed by atoms with Crippen molar-refractivity contribution in [2.75, 3.05) is 10.6 Å². The van der Waals surface area contributed by atoms with E-state index in [4.69, 9.17) is 11.6 Å². The lowest BCUT2D eigenvalue weighted by Crippen LogP contribution is -2.15. The number of benzene rings is 2. The Balaban J connectivity index is 1.80. The molecule has 0 saturated heterocycles. The average Bonchev–Trinajstić information content (AvgIpc) is 2.64. The number of amides is 1. The van der Waals surface area contributed by atoms with Crippen LogP contribution in [0.1, 0.15) is 28.8 Å². The summed E-state index contributed by atoms with van der Waals surface area (Å²) >= 11 is 6.09. The first-order valence-electron chi connectivity index (χ1n) is 8.32. The van der Waals surface area contributed by atoms with Gasteiger partial charge >= 0.3 is 0 Å². The first-order chi connectivity index (χ1) is 12.5. The van der Waals surface area contributed by atoms with Gasteiger partial charge in [0.25, 0.3) is 5.91 Å². The third-order valence-electron chi connectivity index (χ3n) is 3.83. The van der Waals surface area contributed by atoms with Gasteiger partial charge in [-0.1, -0.05) is 42.8 Å². The van der Waals surface area contributed by atoms with Crippen molar-refractivity contribution in [1.29, 1.82) is 0 Å². The predicted octanol–water partition coefficient (Wildman–Crippen LogP) is 5.00. The number of nitrogens with zero attached hydrogens (tertiary/aromatic N) is 2. The van der Waals surface area contributed by atoms with Crippen LogP contribution in [0.5, 0.6) is 0 Å². The number of para-hydroxylation sites is 1. The monoisotopic (exact) mass is 366 g/mol. The van der Waals surface area contributed by atoms with Crippen molar-refractivity contribution in [2.45, 2.75) is 20.3 Å². The molecule has 1 heterocycles. The van der Waals surface area contributed by atoms with Gasteiger partial charge in [0.05, 0.1) is 10.7 Å². The normalized spacial score (nSPS) is 10.4. The highest BCUT2D eigenvalue weighted by molar-refractivity contribution is 6.33. The van der Waals surface area contributed by atoms with Gasteiger partial charge in [-0.3, -0.25) is 4.79 Å². The molecule has 26 heavy (non-hydrogen) atoms. The largest absolute Gasteiger partial charge is 0.340 e. The topological polar surface area (TPSA) is 66.9 Å². The Morgan fingerprint density at radius 1 is 1.08 bits per heavy atom. The van der Waals surface area contributed by atoms with Crippen LogP contribution in [0.4, 0.5) is 17.2 Å². The number of carbonyl (C=O) groups excluding carboxylic acids is 1. The Morgan fingerprint density at radius 3 is 2.50 bits per heavy atom. The molecule has 1 aromatic heterocycles. The van der Waals surface area contributed by atoms with E-state index >= 15 is 0 Å². The van der Waals surface area contributed by atoms with Gasteiger partial charge in [0, 0.05) is 11.8 Å². The van der Waals surface area contributed by atoms with Crippen molar-refractivity contribution in [2.24, 2.45) is 0 Å². The van der Waals surface area contributed by atoms with Crippen LogP contribution in [-0.2, 0) is 6.42 Å². The summed E-state index contributed by atoms with van der Waals surface area (Å²) in [6, 6.07) is 16.8. The van der Waals surface area contributed by atoms with E-state index < -0.39 is 0 Å². The van der Waals surface area contributed by atoms with Crippen LogP contribution in [0, 0.1) is 6.92 Å². The third-order valence-corrected chi connectivity index (χ3v) is 4.16. The molecule has 0 atom stereocenters. The molecule has 3 aromatic rings. The molecule has 6 heteroatoms. The second-order valence-electron chi connectivity index (χ2n) is 5.80.